The number of rotatable bonds is 5. The monoisotopic (exact) mass is 296 g/mol. The molecule has 1 atom stereocenters. The summed E-state index contributed by atoms with van der Waals surface area (Å²) in [6, 6.07) is 6.71. The molecule has 0 aliphatic carbocycles. The fourth-order valence-electron chi connectivity index (χ4n) is 2.05. The van der Waals surface area contributed by atoms with Gasteiger partial charge in [-0.1, -0.05) is 17.7 Å². The van der Waals surface area contributed by atoms with E-state index in [1.54, 1.807) is 24.3 Å². The average Bonchev–Trinajstić information content (AvgIpc) is 2.86. The van der Waals surface area contributed by atoms with Crippen LogP contribution in [-0.4, -0.2) is 22.6 Å². The Morgan fingerprint density at radius 2 is 2.00 bits per heavy atom. The second-order valence-corrected chi connectivity index (χ2v) is 5.83. The van der Waals surface area contributed by atoms with Gasteiger partial charge in [0.1, 0.15) is 0 Å². The van der Waals surface area contributed by atoms with E-state index in [0.29, 0.717) is 22.8 Å². The van der Waals surface area contributed by atoms with Gasteiger partial charge in [-0.3, -0.25) is 9.59 Å². The molecule has 0 bridgehead atoms. The van der Waals surface area contributed by atoms with Crippen molar-refractivity contribution in [3.8, 4) is 0 Å². The molecule has 0 saturated carbocycles. The molecule has 19 heavy (non-hydrogen) atoms. The Labute approximate surface area is 120 Å². The van der Waals surface area contributed by atoms with Gasteiger partial charge in [-0.25, -0.2) is 0 Å². The van der Waals surface area contributed by atoms with Crippen molar-refractivity contribution in [1.82, 2.24) is 0 Å². The van der Waals surface area contributed by atoms with Gasteiger partial charge in [-0.2, -0.15) is 0 Å². The van der Waals surface area contributed by atoms with Crippen molar-refractivity contribution in [2.24, 2.45) is 5.41 Å². The fourth-order valence-corrected chi connectivity index (χ4v) is 3.30. The number of halogens is 1. The van der Waals surface area contributed by atoms with Crippen LogP contribution in [0.2, 0.25) is 5.02 Å². The van der Waals surface area contributed by atoms with Crippen LogP contribution in [0.25, 0.3) is 0 Å². The van der Waals surface area contributed by atoms with E-state index in [4.69, 9.17) is 16.7 Å². The minimum Gasteiger partial charge on any atom is -0.481 e. The minimum absolute atomic E-state index is 0.00969. The minimum atomic E-state index is -0.881. The highest BCUT2D eigenvalue weighted by molar-refractivity contribution is 8.02. The number of hydrogen-bond donors (Lipinski definition) is 1. The maximum absolute atomic E-state index is 12.6. The molecule has 3 nitrogen and oxygen atoms in total. The number of Topliss-reactive ketones (excluding diaryl/α,β-unsaturated/α-hetero) is 1. The first kappa shape index (κ1) is 14.2. The van der Waals surface area contributed by atoms with Crippen molar-refractivity contribution in [3.63, 3.8) is 0 Å². The van der Waals surface area contributed by atoms with E-state index in [9.17, 15) is 9.59 Å². The average molecular weight is 297 g/mol. The number of carbonyl (C=O) groups is 2. The molecule has 0 spiro atoms. The summed E-state index contributed by atoms with van der Waals surface area (Å²) in [6.45, 7) is 0. The summed E-state index contributed by atoms with van der Waals surface area (Å²) < 4.78 is 0. The van der Waals surface area contributed by atoms with Gasteiger partial charge in [0, 0.05) is 22.8 Å². The Morgan fingerprint density at radius 1 is 1.32 bits per heavy atom. The Balaban J connectivity index is 2.24. The van der Waals surface area contributed by atoms with E-state index in [0.717, 1.165) is 0 Å². The smallest absolute Gasteiger partial charge is 0.303 e. The fraction of sp³-hybridized carbons (Fsp3) is 0.286. The summed E-state index contributed by atoms with van der Waals surface area (Å²) in [5, 5.41) is 11.3. The van der Waals surface area contributed by atoms with E-state index in [-0.39, 0.29) is 12.2 Å². The van der Waals surface area contributed by atoms with Crippen molar-refractivity contribution >= 4 is 35.1 Å². The van der Waals surface area contributed by atoms with Crippen molar-refractivity contribution in [2.45, 2.75) is 12.8 Å². The summed E-state index contributed by atoms with van der Waals surface area (Å²) >= 11 is 7.34. The lowest BCUT2D eigenvalue weighted by Crippen LogP contribution is -2.30. The van der Waals surface area contributed by atoms with Crippen LogP contribution in [0.4, 0.5) is 0 Å². The van der Waals surface area contributed by atoms with Crippen molar-refractivity contribution < 1.29 is 14.7 Å². The van der Waals surface area contributed by atoms with E-state index in [1.165, 1.54) is 11.8 Å². The van der Waals surface area contributed by atoms with Crippen LogP contribution in [0.5, 0.6) is 0 Å². The molecular weight excluding hydrogens is 284 g/mol. The van der Waals surface area contributed by atoms with Crippen LogP contribution >= 0.6 is 23.4 Å². The molecule has 1 N–H and O–H groups in total. The molecule has 1 heterocycles. The third-order valence-corrected chi connectivity index (χ3v) is 4.43. The zero-order chi connectivity index (χ0) is 13.9. The number of ketones is 1. The molecule has 1 aromatic carbocycles. The zero-order valence-corrected chi connectivity index (χ0v) is 11.7. The molecule has 0 saturated heterocycles. The Hall–Kier alpha value is -1.26. The second kappa shape index (κ2) is 5.80. The molecule has 0 amide bonds. The van der Waals surface area contributed by atoms with E-state index in [2.05, 4.69) is 0 Å². The van der Waals surface area contributed by atoms with Crippen molar-refractivity contribution in [3.05, 3.63) is 46.3 Å². The highest BCUT2D eigenvalue weighted by atomic mass is 35.5. The summed E-state index contributed by atoms with van der Waals surface area (Å²) in [5.41, 5.74) is -0.126. The van der Waals surface area contributed by atoms with Gasteiger partial charge in [-0.05, 0) is 36.1 Å². The Morgan fingerprint density at radius 3 is 2.53 bits per heavy atom. The molecule has 0 radical (unpaired) electrons. The molecule has 1 aliphatic rings. The molecule has 1 aliphatic heterocycles. The molecule has 1 aromatic rings. The molecule has 0 fully saturated rings. The molecule has 0 aromatic heterocycles. The summed E-state index contributed by atoms with van der Waals surface area (Å²) in [6.07, 6.45) is 2.15. The van der Waals surface area contributed by atoms with Crippen LogP contribution in [-0.2, 0) is 4.79 Å². The first-order chi connectivity index (χ1) is 9.03. The Bertz CT molecular complexity index is 524. The normalized spacial score (nSPS) is 21.5. The van der Waals surface area contributed by atoms with E-state index < -0.39 is 11.4 Å². The van der Waals surface area contributed by atoms with Gasteiger partial charge in [0.25, 0.3) is 0 Å². The summed E-state index contributed by atoms with van der Waals surface area (Å²) in [5.74, 6) is -0.317. The van der Waals surface area contributed by atoms with Gasteiger partial charge in [0.2, 0.25) is 0 Å². The van der Waals surface area contributed by atoms with Crippen molar-refractivity contribution in [2.75, 3.05) is 5.75 Å². The number of thioether (sulfide) groups is 1. The molecule has 1 unspecified atom stereocenters. The largest absolute Gasteiger partial charge is 0.481 e. The number of allylic oxidation sites excluding steroid dienone is 1. The summed E-state index contributed by atoms with van der Waals surface area (Å²) in [4.78, 5) is 23.3. The molecular formula is C14H13ClO3S. The van der Waals surface area contributed by atoms with Crippen LogP contribution in [0.15, 0.2) is 35.7 Å². The lowest BCUT2D eigenvalue weighted by Gasteiger charge is -2.24. The lowest BCUT2D eigenvalue weighted by molar-refractivity contribution is -0.137. The van der Waals surface area contributed by atoms with Gasteiger partial charge in [-0.15, -0.1) is 11.8 Å². The molecule has 100 valence electrons. The maximum Gasteiger partial charge on any atom is 0.303 e. The first-order valence-corrected chi connectivity index (χ1v) is 7.28. The number of carboxylic acid groups (broad SMARTS) is 1. The van der Waals surface area contributed by atoms with Gasteiger partial charge >= 0.3 is 5.97 Å². The van der Waals surface area contributed by atoms with Crippen LogP contribution in [0, 0.1) is 5.41 Å². The van der Waals surface area contributed by atoms with E-state index in [1.807, 2.05) is 11.5 Å². The first-order valence-electron chi connectivity index (χ1n) is 5.85. The van der Waals surface area contributed by atoms with Crippen LogP contribution < -0.4 is 0 Å². The second-order valence-electron chi connectivity index (χ2n) is 4.50. The number of carbonyl (C=O) groups excluding carboxylic acids is 1. The molecule has 2 rings (SSSR count). The topological polar surface area (TPSA) is 54.4 Å². The number of benzene rings is 1. The quantitative estimate of drug-likeness (QED) is 0.843. The van der Waals surface area contributed by atoms with E-state index >= 15 is 0 Å². The van der Waals surface area contributed by atoms with Crippen LogP contribution in [0.3, 0.4) is 0 Å². The highest BCUT2D eigenvalue weighted by Crippen LogP contribution is 2.40. The predicted octanol–water partition coefficient (Wildman–Crippen LogP) is 3.63. The van der Waals surface area contributed by atoms with Gasteiger partial charge < -0.3 is 5.11 Å². The molecule has 5 heteroatoms. The summed E-state index contributed by atoms with van der Waals surface area (Å²) in [7, 11) is 0. The lowest BCUT2D eigenvalue weighted by atomic mass is 9.78. The Kier molecular flexibility index (Phi) is 4.32. The SMILES string of the molecule is O=C(O)CCC1(C(=O)c2ccc(Cl)cc2)C=CSC1. The predicted molar refractivity (Wildman–Crippen MR) is 76.7 cm³/mol. The standard InChI is InChI=1S/C14H13ClO3S/c15-11-3-1-10(2-4-11)13(18)14(6-5-12(16)17)7-8-19-9-14/h1-4,7-8H,5-6,9H2,(H,16,17). The zero-order valence-electron chi connectivity index (χ0n) is 10.1. The third-order valence-electron chi connectivity index (χ3n) is 3.17. The highest BCUT2D eigenvalue weighted by Gasteiger charge is 2.38. The van der Waals surface area contributed by atoms with Crippen LogP contribution in [0.1, 0.15) is 23.2 Å². The van der Waals surface area contributed by atoms with Gasteiger partial charge in [0.05, 0.1) is 5.41 Å². The number of hydrogen-bond acceptors (Lipinski definition) is 3. The third kappa shape index (κ3) is 3.19. The number of carboxylic acids is 1. The van der Waals surface area contributed by atoms with Gasteiger partial charge in [0.15, 0.2) is 5.78 Å². The maximum atomic E-state index is 12.6. The number of aliphatic carboxylic acids is 1. The van der Waals surface area contributed by atoms with Crippen molar-refractivity contribution in [1.29, 1.82) is 0 Å².